The van der Waals surface area contributed by atoms with Crippen molar-refractivity contribution in [3.63, 3.8) is 0 Å². The molecule has 0 heterocycles. The van der Waals surface area contributed by atoms with Gasteiger partial charge in [-0.05, 0) is 6.92 Å². The average Bonchev–Trinajstić information content (AvgIpc) is 2.04. The number of rotatable bonds is 7. The van der Waals surface area contributed by atoms with Gasteiger partial charge in [0, 0.05) is 6.61 Å². The van der Waals surface area contributed by atoms with Crippen molar-refractivity contribution in [2.24, 2.45) is 0 Å². The van der Waals surface area contributed by atoms with E-state index in [4.69, 9.17) is 19.7 Å². The predicted molar refractivity (Wildman–Crippen MR) is 39.8 cm³/mol. The molecule has 1 unspecified atom stereocenters. The first-order chi connectivity index (χ1) is 5.31. The first-order valence-electron chi connectivity index (χ1n) is 3.61. The van der Waals surface area contributed by atoms with Crippen LogP contribution in [0.5, 0.6) is 0 Å². The van der Waals surface area contributed by atoms with Gasteiger partial charge in [-0.1, -0.05) is 0 Å². The van der Waals surface area contributed by atoms with E-state index in [9.17, 15) is 0 Å². The summed E-state index contributed by atoms with van der Waals surface area (Å²) in [6, 6.07) is 0. The normalized spacial score (nSPS) is 13.4. The van der Waals surface area contributed by atoms with Gasteiger partial charge < -0.3 is 19.7 Å². The van der Waals surface area contributed by atoms with Crippen LogP contribution in [0, 0.1) is 6.61 Å². The van der Waals surface area contributed by atoms with Crippen LogP contribution >= 0.6 is 0 Å². The molecule has 0 aliphatic rings. The number of ether oxygens (including phenoxy) is 2. The molecular formula is C7H15O4. The summed E-state index contributed by atoms with van der Waals surface area (Å²) in [5.74, 6) is 0. The maximum absolute atomic E-state index is 8.78. The Bertz CT molecular complexity index is 76.8. The molecule has 2 N–H and O–H groups in total. The topological polar surface area (TPSA) is 58.9 Å². The van der Waals surface area contributed by atoms with E-state index in [1.165, 1.54) is 6.61 Å². The second-order valence-corrected chi connectivity index (χ2v) is 2.00. The van der Waals surface area contributed by atoms with Crippen LogP contribution in [0.3, 0.4) is 0 Å². The van der Waals surface area contributed by atoms with E-state index in [-0.39, 0.29) is 13.2 Å². The van der Waals surface area contributed by atoms with Crippen molar-refractivity contribution in [2.45, 2.75) is 13.0 Å². The Balaban J connectivity index is 2.89. The van der Waals surface area contributed by atoms with Crippen molar-refractivity contribution < 1.29 is 19.7 Å². The van der Waals surface area contributed by atoms with Gasteiger partial charge in [-0.3, -0.25) is 0 Å². The zero-order valence-electron chi connectivity index (χ0n) is 6.69. The highest BCUT2D eigenvalue weighted by atomic mass is 16.5. The minimum absolute atomic E-state index is 0.139. The summed E-state index contributed by atoms with van der Waals surface area (Å²) >= 11 is 0. The van der Waals surface area contributed by atoms with E-state index >= 15 is 0 Å². The zero-order chi connectivity index (χ0) is 8.53. The average molecular weight is 163 g/mol. The fraction of sp³-hybridized carbons (Fsp3) is 0.857. The molecule has 11 heavy (non-hydrogen) atoms. The molecule has 0 amide bonds. The third-order valence-corrected chi connectivity index (χ3v) is 0.991. The molecule has 0 bridgehead atoms. The van der Waals surface area contributed by atoms with Crippen molar-refractivity contribution in [2.75, 3.05) is 26.4 Å². The molecule has 0 aromatic heterocycles. The lowest BCUT2D eigenvalue weighted by Crippen LogP contribution is -2.19. The van der Waals surface area contributed by atoms with Gasteiger partial charge >= 0.3 is 0 Å². The first-order valence-corrected chi connectivity index (χ1v) is 3.61. The molecule has 0 aromatic carbocycles. The van der Waals surface area contributed by atoms with Crippen LogP contribution in [0.25, 0.3) is 0 Å². The fourth-order valence-corrected chi connectivity index (χ4v) is 0.471. The molecule has 4 heteroatoms. The van der Waals surface area contributed by atoms with Gasteiger partial charge in [0.05, 0.1) is 19.8 Å². The Morgan fingerprint density at radius 3 is 2.82 bits per heavy atom. The summed E-state index contributed by atoms with van der Waals surface area (Å²) < 4.78 is 9.75. The molecule has 0 rings (SSSR count). The van der Waals surface area contributed by atoms with E-state index in [1.807, 2.05) is 6.92 Å². The van der Waals surface area contributed by atoms with Crippen molar-refractivity contribution in [3.05, 3.63) is 6.61 Å². The van der Waals surface area contributed by atoms with Gasteiger partial charge in [-0.15, -0.1) is 0 Å². The fourth-order valence-electron chi connectivity index (χ4n) is 0.471. The molecule has 4 nitrogen and oxygen atoms in total. The molecule has 0 aliphatic carbocycles. The van der Waals surface area contributed by atoms with Gasteiger partial charge in [0.25, 0.3) is 0 Å². The van der Waals surface area contributed by atoms with Crippen molar-refractivity contribution in [3.8, 4) is 0 Å². The van der Waals surface area contributed by atoms with Crippen LogP contribution in [0.2, 0.25) is 0 Å². The summed E-state index contributed by atoms with van der Waals surface area (Å²) in [6.07, 6.45) is -0.787. The van der Waals surface area contributed by atoms with Crippen molar-refractivity contribution in [1.29, 1.82) is 0 Å². The summed E-state index contributed by atoms with van der Waals surface area (Å²) in [5, 5.41) is 17.2. The van der Waals surface area contributed by atoms with Gasteiger partial charge in [0.1, 0.15) is 12.7 Å². The molecule has 0 aromatic rings. The number of aliphatic hydroxyl groups is 2. The number of hydrogen-bond donors (Lipinski definition) is 2. The van der Waals surface area contributed by atoms with Crippen LogP contribution in [0.15, 0.2) is 0 Å². The predicted octanol–water partition coefficient (Wildman–Crippen LogP) is -0.446. The van der Waals surface area contributed by atoms with Gasteiger partial charge in [-0.25, -0.2) is 0 Å². The number of aliphatic hydroxyl groups excluding tert-OH is 2. The van der Waals surface area contributed by atoms with Crippen LogP contribution in [-0.2, 0) is 9.47 Å². The van der Waals surface area contributed by atoms with Crippen LogP contribution in [0.1, 0.15) is 6.92 Å². The molecule has 0 spiro atoms. The van der Waals surface area contributed by atoms with Crippen LogP contribution < -0.4 is 0 Å². The third-order valence-electron chi connectivity index (χ3n) is 0.991. The highest BCUT2D eigenvalue weighted by Gasteiger charge is 2.00. The standard InChI is InChI=1S/C7H15O4/c1-2-10-3-4-11-6-7(9)5-8/h3,7-9H,2,4-6H2,1H3. The van der Waals surface area contributed by atoms with E-state index in [1.54, 1.807) is 0 Å². The lowest BCUT2D eigenvalue weighted by Gasteiger charge is -2.07. The quantitative estimate of drug-likeness (QED) is 0.499. The Labute approximate surface area is 66.7 Å². The zero-order valence-corrected chi connectivity index (χ0v) is 6.69. The molecule has 0 fully saturated rings. The van der Waals surface area contributed by atoms with E-state index < -0.39 is 6.10 Å². The van der Waals surface area contributed by atoms with Gasteiger partial charge in [0.2, 0.25) is 0 Å². The summed E-state index contributed by atoms with van der Waals surface area (Å²) in [7, 11) is 0. The summed E-state index contributed by atoms with van der Waals surface area (Å²) in [4.78, 5) is 0. The minimum atomic E-state index is -0.787. The second kappa shape index (κ2) is 7.94. The third kappa shape index (κ3) is 7.74. The van der Waals surface area contributed by atoms with Crippen LogP contribution in [-0.4, -0.2) is 42.7 Å². The summed E-state index contributed by atoms with van der Waals surface area (Å²) in [5.41, 5.74) is 0. The first kappa shape index (κ1) is 10.8. The summed E-state index contributed by atoms with van der Waals surface area (Å²) in [6.45, 7) is 4.22. The van der Waals surface area contributed by atoms with E-state index in [0.29, 0.717) is 13.2 Å². The molecule has 0 saturated carbocycles. The molecular weight excluding hydrogens is 148 g/mol. The van der Waals surface area contributed by atoms with Crippen LogP contribution in [0.4, 0.5) is 0 Å². The molecule has 0 aliphatic heterocycles. The Morgan fingerprint density at radius 1 is 1.55 bits per heavy atom. The number of hydrogen-bond acceptors (Lipinski definition) is 4. The smallest absolute Gasteiger partial charge is 0.109 e. The van der Waals surface area contributed by atoms with Crippen molar-refractivity contribution >= 4 is 0 Å². The second-order valence-electron chi connectivity index (χ2n) is 2.00. The van der Waals surface area contributed by atoms with E-state index in [2.05, 4.69) is 0 Å². The lowest BCUT2D eigenvalue weighted by atomic mass is 10.4. The molecule has 1 atom stereocenters. The molecule has 0 saturated heterocycles. The Morgan fingerprint density at radius 2 is 2.27 bits per heavy atom. The lowest BCUT2D eigenvalue weighted by molar-refractivity contribution is 0.000709. The Kier molecular flexibility index (Phi) is 7.83. The SMILES string of the molecule is CCO[CH]COCC(O)CO. The van der Waals surface area contributed by atoms with Crippen molar-refractivity contribution in [1.82, 2.24) is 0 Å². The monoisotopic (exact) mass is 163 g/mol. The maximum atomic E-state index is 8.78. The van der Waals surface area contributed by atoms with E-state index in [0.717, 1.165) is 0 Å². The Hall–Kier alpha value is -0.160. The van der Waals surface area contributed by atoms with Gasteiger partial charge in [-0.2, -0.15) is 0 Å². The minimum Gasteiger partial charge on any atom is -0.394 e. The highest BCUT2D eigenvalue weighted by Crippen LogP contribution is 1.87. The highest BCUT2D eigenvalue weighted by molar-refractivity contribution is 4.51. The molecule has 67 valence electrons. The molecule has 1 radical (unpaired) electrons. The largest absolute Gasteiger partial charge is 0.394 e. The maximum Gasteiger partial charge on any atom is 0.109 e. The van der Waals surface area contributed by atoms with Gasteiger partial charge in [0.15, 0.2) is 0 Å².